The first-order valence-electron chi connectivity index (χ1n) is 14.6. The van der Waals surface area contributed by atoms with E-state index in [0.29, 0.717) is 39.3 Å². The Morgan fingerprint density at radius 1 is 1.15 bits per heavy atom. The number of piperidine rings is 1. The molecule has 0 aliphatic carbocycles. The average Bonchev–Trinajstić information content (AvgIpc) is 3.11. The summed E-state index contributed by atoms with van der Waals surface area (Å²) in [5.41, 5.74) is 6.28. The predicted octanol–water partition coefficient (Wildman–Crippen LogP) is 4.39. The molecule has 4 heterocycles. The van der Waals surface area contributed by atoms with Gasteiger partial charge in [0.05, 0.1) is 33.0 Å². The molecule has 0 aromatic heterocycles. The zero-order valence-electron chi connectivity index (χ0n) is 25.5. The number of methoxy groups -OCH3 is 2. The van der Waals surface area contributed by atoms with Crippen LogP contribution in [0.2, 0.25) is 0 Å². The van der Waals surface area contributed by atoms with Crippen molar-refractivity contribution in [3.8, 4) is 11.5 Å². The maximum absolute atomic E-state index is 13.7. The number of urea groups is 2. The summed E-state index contributed by atoms with van der Waals surface area (Å²) in [4.78, 5) is 32.8. The van der Waals surface area contributed by atoms with Crippen LogP contribution in [0.5, 0.6) is 11.5 Å². The Balaban J connectivity index is 1.37. The number of amides is 4. The first-order chi connectivity index (χ1) is 19.6. The monoisotopic (exact) mass is 564 g/mol. The Hall–Kier alpha value is -3.69. The van der Waals surface area contributed by atoms with Gasteiger partial charge in [-0.25, -0.2) is 9.59 Å². The van der Waals surface area contributed by atoms with Crippen molar-refractivity contribution in [2.45, 2.75) is 53.0 Å². The number of carbonyl (C=O) groups is 2. The third-order valence-electron chi connectivity index (χ3n) is 9.22. The van der Waals surface area contributed by atoms with Gasteiger partial charge in [0.1, 0.15) is 11.5 Å². The van der Waals surface area contributed by atoms with Gasteiger partial charge in [-0.05, 0) is 56.4 Å². The molecule has 2 fully saturated rings. The number of likely N-dealkylation sites (N-methyl/N-ethyl adjacent to an activating group) is 1. The number of rotatable bonds is 5. The van der Waals surface area contributed by atoms with Crippen molar-refractivity contribution in [1.82, 2.24) is 25.0 Å². The van der Waals surface area contributed by atoms with Gasteiger partial charge in [-0.1, -0.05) is 13.0 Å². The summed E-state index contributed by atoms with van der Waals surface area (Å²) >= 11 is 0. The van der Waals surface area contributed by atoms with Gasteiger partial charge in [0.2, 0.25) is 0 Å². The van der Waals surface area contributed by atoms with Crippen LogP contribution in [0, 0.1) is 5.41 Å². The van der Waals surface area contributed by atoms with Crippen molar-refractivity contribution < 1.29 is 19.1 Å². The van der Waals surface area contributed by atoms with Gasteiger partial charge < -0.3 is 24.6 Å². The summed E-state index contributed by atoms with van der Waals surface area (Å²) in [6.07, 6.45) is 3.85. The molecule has 222 valence electrons. The zero-order valence-corrected chi connectivity index (χ0v) is 25.5. The van der Waals surface area contributed by atoms with E-state index in [1.807, 2.05) is 52.7 Å². The van der Waals surface area contributed by atoms with E-state index in [1.165, 1.54) is 5.57 Å². The van der Waals surface area contributed by atoms with Gasteiger partial charge >= 0.3 is 12.1 Å². The maximum Gasteiger partial charge on any atom is 0.324 e. The highest BCUT2D eigenvalue weighted by Gasteiger charge is 2.49. The molecular weight excluding hydrogens is 520 g/mol. The molecule has 1 aromatic carbocycles. The summed E-state index contributed by atoms with van der Waals surface area (Å²) in [5, 5.41) is 9.60. The number of fused-ring (bicyclic) bond motifs is 3. The standard InChI is InChI=1S/C31H44N6O4/c1-8-35-19-31(9-11-36(12-10-31)29(38)32-16-25-21(3)17-34(5)33-22(25)4)27-13-20(2)28-23(18-37(27)30(35)39)14-24(40-6)15-26(28)41-7/h13-15,20H,8-12,16-19H2,1-7H3,(H,32,38)/t20-/m0/s1. The molecular formula is C31H44N6O4. The van der Waals surface area contributed by atoms with Crippen LogP contribution in [0.15, 0.2) is 40.2 Å². The van der Waals surface area contributed by atoms with Crippen molar-refractivity contribution in [2.24, 2.45) is 10.5 Å². The van der Waals surface area contributed by atoms with E-state index in [1.54, 1.807) is 14.2 Å². The fraction of sp³-hybridized carbons (Fsp3) is 0.581. The molecule has 0 unspecified atom stereocenters. The molecule has 4 aliphatic rings. The fourth-order valence-corrected chi connectivity index (χ4v) is 7.03. The number of hydrazone groups is 1. The molecule has 5 rings (SSSR count). The lowest BCUT2D eigenvalue weighted by molar-refractivity contribution is 0.0497. The Kier molecular flexibility index (Phi) is 7.94. The van der Waals surface area contributed by atoms with E-state index in [0.717, 1.165) is 59.0 Å². The number of benzene rings is 1. The SMILES string of the molecule is CCN1CC2(CCN(C(=O)NCC3=C(C)CN(C)N=C3C)CC2)C2=C[C@H](C)c3c(cc(OC)cc3OC)CN2C1=O. The van der Waals surface area contributed by atoms with Crippen LogP contribution in [-0.2, 0) is 6.54 Å². The van der Waals surface area contributed by atoms with Gasteiger partial charge in [-0.2, -0.15) is 5.10 Å². The lowest BCUT2D eigenvalue weighted by atomic mass is 9.72. The first kappa shape index (κ1) is 28.8. The molecule has 1 aromatic rings. The summed E-state index contributed by atoms with van der Waals surface area (Å²) < 4.78 is 11.3. The number of hydrogen-bond acceptors (Lipinski definition) is 6. The molecule has 2 saturated heterocycles. The lowest BCUT2D eigenvalue weighted by Gasteiger charge is -2.52. The lowest BCUT2D eigenvalue weighted by Crippen LogP contribution is -2.60. The number of likely N-dealkylation sites (tertiary alicyclic amines) is 1. The van der Waals surface area contributed by atoms with Crippen LogP contribution in [0.1, 0.15) is 57.6 Å². The second-order valence-electron chi connectivity index (χ2n) is 11.8. The quantitative estimate of drug-likeness (QED) is 0.573. The highest BCUT2D eigenvalue weighted by Crippen LogP contribution is 2.49. The van der Waals surface area contributed by atoms with Gasteiger partial charge in [-0.3, -0.25) is 9.91 Å². The first-order valence-corrected chi connectivity index (χ1v) is 14.6. The van der Waals surface area contributed by atoms with Crippen LogP contribution in [-0.4, -0.2) is 98.0 Å². The Labute approximate surface area is 243 Å². The predicted molar refractivity (Wildman–Crippen MR) is 159 cm³/mol. The van der Waals surface area contributed by atoms with E-state index < -0.39 is 0 Å². The second kappa shape index (κ2) is 11.3. The van der Waals surface area contributed by atoms with E-state index >= 15 is 0 Å². The molecule has 0 radical (unpaired) electrons. The van der Waals surface area contributed by atoms with Crippen LogP contribution < -0.4 is 14.8 Å². The largest absolute Gasteiger partial charge is 0.497 e. The van der Waals surface area contributed by atoms with E-state index in [-0.39, 0.29) is 23.4 Å². The minimum Gasteiger partial charge on any atom is -0.497 e. The van der Waals surface area contributed by atoms with Crippen LogP contribution in [0.25, 0.3) is 0 Å². The molecule has 10 nitrogen and oxygen atoms in total. The third kappa shape index (κ3) is 5.24. The van der Waals surface area contributed by atoms with Crippen LogP contribution in [0.3, 0.4) is 0 Å². The number of ether oxygens (including phenoxy) is 2. The fourth-order valence-electron chi connectivity index (χ4n) is 7.03. The van der Waals surface area contributed by atoms with Crippen molar-refractivity contribution in [3.05, 3.63) is 46.2 Å². The highest BCUT2D eigenvalue weighted by atomic mass is 16.5. The zero-order chi connectivity index (χ0) is 29.5. The number of carbonyl (C=O) groups excluding carboxylic acids is 2. The summed E-state index contributed by atoms with van der Waals surface area (Å²) in [6.45, 7) is 12.6. The molecule has 4 aliphatic heterocycles. The van der Waals surface area contributed by atoms with Gasteiger partial charge in [-0.15, -0.1) is 0 Å². The molecule has 0 bridgehead atoms. The van der Waals surface area contributed by atoms with Crippen molar-refractivity contribution in [1.29, 1.82) is 0 Å². The van der Waals surface area contributed by atoms with E-state index in [4.69, 9.17) is 9.47 Å². The molecule has 4 amide bonds. The topological polar surface area (TPSA) is 89.9 Å². The Morgan fingerprint density at radius 3 is 2.51 bits per heavy atom. The van der Waals surface area contributed by atoms with Gasteiger partial charge in [0, 0.05) is 68.4 Å². The van der Waals surface area contributed by atoms with Crippen molar-refractivity contribution in [2.75, 3.05) is 60.5 Å². The minimum atomic E-state index is -0.218. The average molecular weight is 565 g/mol. The Morgan fingerprint density at radius 2 is 1.88 bits per heavy atom. The van der Waals surface area contributed by atoms with Gasteiger partial charge in [0.25, 0.3) is 0 Å². The maximum atomic E-state index is 13.7. The molecule has 1 spiro atoms. The van der Waals surface area contributed by atoms with Crippen molar-refractivity contribution >= 4 is 17.8 Å². The minimum absolute atomic E-state index is 0.0326. The number of allylic oxidation sites excluding steroid dienone is 1. The molecule has 0 saturated carbocycles. The number of nitrogens with zero attached hydrogens (tertiary/aromatic N) is 5. The molecule has 1 N–H and O–H groups in total. The second-order valence-corrected chi connectivity index (χ2v) is 11.8. The van der Waals surface area contributed by atoms with Crippen molar-refractivity contribution in [3.63, 3.8) is 0 Å². The van der Waals surface area contributed by atoms with Crippen LogP contribution >= 0.6 is 0 Å². The highest BCUT2D eigenvalue weighted by molar-refractivity contribution is 6.00. The molecule has 10 heteroatoms. The van der Waals surface area contributed by atoms with E-state index in [9.17, 15) is 9.59 Å². The smallest absolute Gasteiger partial charge is 0.324 e. The summed E-state index contributed by atoms with van der Waals surface area (Å²) in [6, 6.07) is 3.93. The summed E-state index contributed by atoms with van der Waals surface area (Å²) in [7, 11) is 5.29. The van der Waals surface area contributed by atoms with E-state index in [2.05, 4.69) is 30.3 Å². The van der Waals surface area contributed by atoms with Gasteiger partial charge in [0.15, 0.2) is 0 Å². The number of nitrogens with one attached hydrogen (secondary N) is 1. The van der Waals surface area contributed by atoms with Crippen LogP contribution in [0.4, 0.5) is 9.59 Å². The number of hydrogen-bond donors (Lipinski definition) is 1. The molecule has 41 heavy (non-hydrogen) atoms. The third-order valence-corrected chi connectivity index (χ3v) is 9.22. The molecule has 1 atom stereocenters. The summed E-state index contributed by atoms with van der Waals surface area (Å²) in [5.74, 6) is 1.55. The Bertz CT molecular complexity index is 1310. The normalized spacial score (nSPS) is 22.1.